The lowest BCUT2D eigenvalue weighted by molar-refractivity contribution is 0.0963. The number of carbonyl (C=O) groups excluding carboxylic acids is 1. The first-order valence-electron chi connectivity index (χ1n) is 11.0. The van der Waals surface area contributed by atoms with Gasteiger partial charge in [-0.3, -0.25) is 9.79 Å². The number of nitrogens with zero attached hydrogens (tertiary/aromatic N) is 1. The molecule has 0 fully saturated rings. The zero-order valence-corrected chi connectivity index (χ0v) is 22.2. The number of nitrogens with one attached hydrogen (secondary N) is 4. The molecule has 32 heavy (non-hydrogen) atoms. The van der Waals surface area contributed by atoms with E-state index in [0.717, 1.165) is 31.0 Å². The molecule has 0 aromatic heterocycles. The molecule has 0 bridgehead atoms. The fraction of sp³-hybridized carbons (Fsp3) is 0.440. The Morgan fingerprint density at radius 3 is 2.44 bits per heavy atom. The molecule has 0 heterocycles. The molecule has 2 aromatic carbocycles. The molecule has 7 heteroatoms. The lowest BCUT2D eigenvalue weighted by atomic mass is 10.0. The highest BCUT2D eigenvalue weighted by atomic mass is 127. The summed E-state index contributed by atoms with van der Waals surface area (Å²) in [4.78, 5) is 16.6. The molecule has 6 nitrogen and oxygen atoms in total. The third-order valence-electron chi connectivity index (χ3n) is 5.01. The monoisotopic (exact) mass is 551 g/mol. The highest BCUT2D eigenvalue weighted by Gasteiger charge is 2.20. The van der Waals surface area contributed by atoms with Crippen molar-refractivity contribution < 1.29 is 4.79 Å². The number of hydrogen-bond donors (Lipinski definition) is 4. The van der Waals surface area contributed by atoms with Crippen molar-refractivity contribution in [3.63, 3.8) is 0 Å². The Kier molecular flexibility index (Phi) is 12.3. The molecular weight excluding hydrogens is 513 g/mol. The number of aliphatic imine (C=N–C) groups is 1. The summed E-state index contributed by atoms with van der Waals surface area (Å²) in [5.41, 5.74) is 2.91. The van der Waals surface area contributed by atoms with Crippen LogP contribution in [-0.2, 0) is 6.42 Å². The SMILES string of the molecule is CCNC(=NCC(C)(C)NC(C)c1ccccc1)NCCc1cccc(C(=O)NC)c1.I. The van der Waals surface area contributed by atoms with Crippen LogP contribution in [0.1, 0.15) is 55.2 Å². The zero-order chi connectivity index (χ0) is 22.7. The van der Waals surface area contributed by atoms with Gasteiger partial charge in [-0.25, -0.2) is 0 Å². The van der Waals surface area contributed by atoms with E-state index >= 15 is 0 Å². The Bertz CT molecular complexity index is 854. The number of guanidine groups is 1. The van der Waals surface area contributed by atoms with E-state index in [1.807, 2.05) is 30.3 Å². The van der Waals surface area contributed by atoms with Crippen LogP contribution in [0.4, 0.5) is 0 Å². The first-order valence-corrected chi connectivity index (χ1v) is 11.0. The Labute approximate surface area is 210 Å². The molecule has 1 atom stereocenters. The minimum absolute atomic E-state index is 0. The molecule has 4 N–H and O–H groups in total. The second-order valence-corrected chi connectivity index (χ2v) is 8.31. The summed E-state index contributed by atoms with van der Waals surface area (Å²) in [5.74, 6) is 0.733. The Morgan fingerprint density at radius 1 is 1.06 bits per heavy atom. The molecule has 2 rings (SSSR count). The molecular formula is C25H38IN5O. The summed E-state index contributed by atoms with van der Waals surface area (Å²) in [6.07, 6.45) is 0.807. The number of benzene rings is 2. The largest absolute Gasteiger partial charge is 0.357 e. The minimum atomic E-state index is -0.153. The maximum Gasteiger partial charge on any atom is 0.251 e. The van der Waals surface area contributed by atoms with Crippen molar-refractivity contribution in [1.82, 2.24) is 21.3 Å². The molecule has 0 aliphatic heterocycles. The Balaban J connectivity index is 0.00000512. The summed E-state index contributed by atoms with van der Waals surface area (Å²) in [6, 6.07) is 18.4. The van der Waals surface area contributed by atoms with Crippen LogP contribution in [0.15, 0.2) is 59.6 Å². The van der Waals surface area contributed by atoms with E-state index in [-0.39, 0.29) is 41.5 Å². The maximum absolute atomic E-state index is 11.8. The standard InChI is InChI=1S/C25H37N5O.HI/c1-6-27-24(28-16-15-20-11-10-14-22(17-20)23(31)26-5)29-18-25(3,4)30-19(2)21-12-8-7-9-13-21;/h7-14,17,19,30H,6,15-16,18H2,1-5H3,(H,26,31)(H2,27,28,29);1H. The maximum atomic E-state index is 11.8. The van der Waals surface area contributed by atoms with Gasteiger partial charge in [0.2, 0.25) is 0 Å². The smallest absolute Gasteiger partial charge is 0.251 e. The van der Waals surface area contributed by atoms with E-state index in [4.69, 9.17) is 4.99 Å². The highest BCUT2D eigenvalue weighted by Crippen LogP contribution is 2.16. The van der Waals surface area contributed by atoms with Gasteiger partial charge in [0.05, 0.1) is 6.54 Å². The van der Waals surface area contributed by atoms with Crippen LogP contribution in [0.3, 0.4) is 0 Å². The molecule has 1 amide bonds. The molecule has 0 saturated heterocycles. The van der Waals surface area contributed by atoms with E-state index in [1.54, 1.807) is 7.05 Å². The predicted molar refractivity (Wildman–Crippen MR) is 145 cm³/mol. The normalized spacial score (nSPS) is 12.5. The van der Waals surface area contributed by atoms with Crippen molar-refractivity contribution >= 4 is 35.8 Å². The van der Waals surface area contributed by atoms with Gasteiger partial charge < -0.3 is 21.3 Å². The van der Waals surface area contributed by atoms with Crippen LogP contribution in [0.5, 0.6) is 0 Å². The number of hydrogen-bond acceptors (Lipinski definition) is 3. The summed E-state index contributed by atoms with van der Waals surface area (Å²) in [5, 5.41) is 13.1. The number of rotatable bonds is 10. The van der Waals surface area contributed by atoms with Gasteiger partial charge in [0.15, 0.2) is 5.96 Å². The van der Waals surface area contributed by atoms with Crippen molar-refractivity contribution in [1.29, 1.82) is 0 Å². The first-order chi connectivity index (χ1) is 14.8. The third kappa shape index (κ3) is 9.56. The number of amides is 1. The van der Waals surface area contributed by atoms with Crippen molar-refractivity contribution in [2.75, 3.05) is 26.7 Å². The van der Waals surface area contributed by atoms with Crippen LogP contribution in [0, 0.1) is 0 Å². The summed E-state index contributed by atoms with van der Waals surface area (Å²) < 4.78 is 0. The molecule has 1 unspecified atom stereocenters. The lowest BCUT2D eigenvalue weighted by Gasteiger charge is -2.29. The van der Waals surface area contributed by atoms with Crippen LogP contribution in [-0.4, -0.2) is 44.1 Å². The van der Waals surface area contributed by atoms with E-state index in [0.29, 0.717) is 12.1 Å². The van der Waals surface area contributed by atoms with Crippen molar-refractivity contribution in [3.05, 3.63) is 71.3 Å². The van der Waals surface area contributed by atoms with Crippen molar-refractivity contribution in [2.45, 2.75) is 45.7 Å². The molecule has 2 aromatic rings. The molecule has 176 valence electrons. The summed E-state index contributed by atoms with van der Waals surface area (Å²) in [6.45, 7) is 10.8. The third-order valence-corrected chi connectivity index (χ3v) is 5.01. The van der Waals surface area contributed by atoms with Crippen molar-refractivity contribution in [3.8, 4) is 0 Å². The molecule has 0 aliphatic carbocycles. The Hall–Kier alpha value is -2.13. The second kappa shape index (κ2) is 14.1. The van der Waals surface area contributed by atoms with Crippen LogP contribution < -0.4 is 21.3 Å². The summed E-state index contributed by atoms with van der Waals surface area (Å²) >= 11 is 0. The quantitative estimate of drug-likeness (QED) is 0.205. The van der Waals surface area contributed by atoms with Gasteiger partial charge in [-0.1, -0.05) is 42.5 Å². The van der Waals surface area contributed by atoms with Gasteiger partial charge >= 0.3 is 0 Å². The average molecular weight is 552 g/mol. The van der Waals surface area contributed by atoms with Gasteiger partial charge in [-0.2, -0.15) is 0 Å². The van der Waals surface area contributed by atoms with E-state index in [2.05, 4.69) is 73.2 Å². The van der Waals surface area contributed by atoms with Gasteiger partial charge in [-0.05, 0) is 57.4 Å². The van der Waals surface area contributed by atoms with E-state index < -0.39 is 0 Å². The number of carbonyl (C=O) groups is 1. The van der Waals surface area contributed by atoms with Crippen LogP contribution >= 0.6 is 24.0 Å². The molecule has 0 saturated carbocycles. The summed E-state index contributed by atoms with van der Waals surface area (Å²) in [7, 11) is 1.65. The number of halogens is 1. The fourth-order valence-electron chi connectivity index (χ4n) is 3.41. The van der Waals surface area contributed by atoms with Crippen LogP contribution in [0.25, 0.3) is 0 Å². The molecule has 0 aliphatic rings. The predicted octanol–water partition coefficient (Wildman–Crippen LogP) is 3.89. The first kappa shape index (κ1) is 27.9. The van der Waals surface area contributed by atoms with Gasteiger partial charge in [-0.15, -0.1) is 24.0 Å². The lowest BCUT2D eigenvalue weighted by Crippen LogP contribution is -2.45. The highest BCUT2D eigenvalue weighted by molar-refractivity contribution is 14.0. The molecule has 0 spiro atoms. The van der Waals surface area contributed by atoms with Gasteiger partial charge in [0.1, 0.15) is 0 Å². The van der Waals surface area contributed by atoms with Gasteiger partial charge in [0, 0.05) is 37.3 Å². The topological polar surface area (TPSA) is 77.6 Å². The second-order valence-electron chi connectivity index (χ2n) is 8.31. The van der Waals surface area contributed by atoms with Crippen molar-refractivity contribution in [2.24, 2.45) is 4.99 Å². The molecule has 0 radical (unpaired) electrons. The minimum Gasteiger partial charge on any atom is -0.357 e. The van der Waals surface area contributed by atoms with Crippen LogP contribution in [0.2, 0.25) is 0 Å². The Morgan fingerprint density at radius 2 is 1.78 bits per heavy atom. The van der Waals surface area contributed by atoms with E-state index in [1.165, 1.54) is 5.56 Å². The van der Waals surface area contributed by atoms with Gasteiger partial charge in [0.25, 0.3) is 5.91 Å². The average Bonchev–Trinajstić information content (AvgIpc) is 2.77. The van der Waals surface area contributed by atoms with E-state index in [9.17, 15) is 4.79 Å². The fourth-order valence-corrected chi connectivity index (χ4v) is 3.41. The zero-order valence-electron chi connectivity index (χ0n) is 19.9.